The highest BCUT2D eigenvalue weighted by atomic mass is 35.5. The molecule has 2 atom stereocenters. The number of likely N-dealkylation sites (N-methyl/N-ethyl adjacent to an activating group) is 1. The zero-order valence-electron chi connectivity index (χ0n) is 17.6. The normalized spacial score (nSPS) is 16.1. The van der Waals surface area contributed by atoms with Crippen molar-refractivity contribution >= 4 is 17.3 Å². The molecule has 3 nitrogen and oxygen atoms in total. The third kappa shape index (κ3) is 7.46. The van der Waals surface area contributed by atoms with Gasteiger partial charge in [0.2, 0.25) is 0 Å². The summed E-state index contributed by atoms with van der Waals surface area (Å²) in [6.45, 7) is 16.0. The van der Waals surface area contributed by atoms with Gasteiger partial charge in [0.05, 0.1) is 24.4 Å². The van der Waals surface area contributed by atoms with E-state index in [0.717, 1.165) is 32.4 Å². The fourth-order valence-electron chi connectivity index (χ4n) is 2.82. The summed E-state index contributed by atoms with van der Waals surface area (Å²) in [5, 5.41) is 0. The minimum absolute atomic E-state index is 0.168. The molecule has 26 heavy (non-hydrogen) atoms. The van der Waals surface area contributed by atoms with E-state index in [1.165, 1.54) is 11.3 Å². The van der Waals surface area contributed by atoms with Gasteiger partial charge in [-0.3, -0.25) is 0 Å². The molecular formula is C22H38ClNO2. The van der Waals surface area contributed by atoms with Crippen molar-refractivity contribution in [3.8, 4) is 0 Å². The van der Waals surface area contributed by atoms with Crippen LogP contribution in [0.4, 0.5) is 5.69 Å². The minimum atomic E-state index is -0.269. The molecule has 0 aliphatic carbocycles. The number of benzene rings is 1. The molecule has 0 aliphatic rings. The molecule has 0 saturated heterocycles. The smallest absolute Gasteiger partial charge is 0.0885 e. The van der Waals surface area contributed by atoms with Gasteiger partial charge in [0, 0.05) is 24.7 Å². The van der Waals surface area contributed by atoms with Crippen LogP contribution in [0.3, 0.4) is 0 Å². The van der Waals surface area contributed by atoms with E-state index in [-0.39, 0.29) is 11.2 Å². The van der Waals surface area contributed by atoms with Crippen molar-refractivity contribution in [2.24, 2.45) is 0 Å². The summed E-state index contributed by atoms with van der Waals surface area (Å²) >= 11 is 5.94. The van der Waals surface area contributed by atoms with Crippen molar-refractivity contribution in [1.29, 1.82) is 0 Å². The third-order valence-corrected chi connectivity index (χ3v) is 5.59. The van der Waals surface area contributed by atoms with Crippen LogP contribution in [-0.2, 0) is 9.47 Å². The van der Waals surface area contributed by atoms with E-state index in [1.807, 2.05) is 0 Å². The van der Waals surface area contributed by atoms with Gasteiger partial charge in [0.1, 0.15) is 0 Å². The second kappa shape index (κ2) is 11.2. The second-order valence-corrected chi connectivity index (χ2v) is 7.98. The molecule has 0 heterocycles. The molecular weight excluding hydrogens is 346 g/mol. The van der Waals surface area contributed by atoms with Gasteiger partial charge in [-0.15, -0.1) is 11.6 Å². The molecule has 1 aromatic carbocycles. The fraction of sp³-hybridized carbons (Fsp3) is 0.727. The molecule has 0 fully saturated rings. The summed E-state index contributed by atoms with van der Waals surface area (Å²) in [5.41, 5.74) is 2.10. The summed E-state index contributed by atoms with van der Waals surface area (Å²) in [6.07, 6.45) is 2.74. The van der Waals surface area contributed by atoms with E-state index < -0.39 is 0 Å². The molecule has 4 heteroatoms. The van der Waals surface area contributed by atoms with Gasteiger partial charge in [-0.2, -0.15) is 0 Å². The fourth-order valence-corrected chi connectivity index (χ4v) is 3.22. The lowest BCUT2D eigenvalue weighted by molar-refractivity contribution is -0.135. The molecule has 0 spiro atoms. The Kier molecular flexibility index (Phi) is 9.99. The lowest BCUT2D eigenvalue weighted by Gasteiger charge is -2.36. The van der Waals surface area contributed by atoms with Crippen LogP contribution >= 0.6 is 11.6 Å². The Hall–Kier alpha value is -0.770. The molecule has 0 aromatic heterocycles. The third-order valence-electron chi connectivity index (χ3n) is 5.41. The van der Waals surface area contributed by atoms with Gasteiger partial charge in [-0.1, -0.05) is 26.0 Å². The molecule has 150 valence electrons. The quantitative estimate of drug-likeness (QED) is 0.400. The molecule has 0 radical (unpaired) electrons. The summed E-state index contributed by atoms with van der Waals surface area (Å²) in [4.78, 5) is 2.35. The van der Waals surface area contributed by atoms with Crippen molar-refractivity contribution in [3.63, 3.8) is 0 Å². The molecule has 0 saturated carbocycles. The average Bonchev–Trinajstić information content (AvgIpc) is 2.64. The van der Waals surface area contributed by atoms with E-state index in [0.29, 0.717) is 19.1 Å². The van der Waals surface area contributed by atoms with E-state index in [4.69, 9.17) is 21.1 Å². The number of rotatable bonds is 13. The first-order chi connectivity index (χ1) is 12.3. The summed E-state index contributed by atoms with van der Waals surface area (Å²) in [7, 11) is 0. The zero-order valence-corrected chi connectivity index (χ0v) is 18.4. The number of hydrogen-bond donors (Lipinski definition) is 0. The van der Waals surface area contributed by atoms with Crippen LogP contribution in [0.5, 0.6) is 0 Å². The van der Waals surface area contributed by atoms with Crippen LogP contribution in [-0.4, -0.2) is 43.4 Å². The summed E-state index contributed by atoms with van der Waals surface area (Å²) in [5.74, 6) is 0.621. The van der Waals surface area contributed by atoms with Crippen molar-refractivity contribution in [3.05, 3.63) is 29.8 Å². The SMILES string of the molecule is CCN(CCOC(C)(CC)COC(C)(CC)CCCl)c1cccc(C)c1. The number of hydrogen-bond acceptors (Lipinski definition) is 3. The van der Waals surface area contributed by atoms with E-state index >= 15 is 0 Å². The highest BCUT2D eigenvalue weighted by Gasteiger charge is 2.29. The standard InChI is InChI=1S/C22H38ClNO2/c1-7-21(5,13-14-23)26-18-22(6,8-2)25-16-15-24(9-3)20-12-10-11-19(4)17-20/h10-12,17H,7-9,13-16,18H2,1-6H3. The van der Waals surface area contributed by atoms with Crippen LogP contribution in [0.1, 0.15) is 59.4 Å². The van der Waals surface area contributed by atoms with Gasteiger partial charge in [-0.05, 0) is 64.7 Å². The minimum Gasteiger partial charge on any atom is -0.372 e. The number of halogens is 1. The van der Waals surface area contributed by atoms with Crippen molar-refractivity contribution in [1.82, 2.24) is 0 Å². The van der Waals surface area contributed by atoms with Crippen molar-refractivity contribution < 1.29 is 9.47 Å². The van der Waals surface area contributed by atoms with Crippen LogP contribution in [0, 0.1) is 6.92 Å². The van der Waals surface area contributed by atoms with Crippen LogP contribution in [0.25, 0.3) is 0 Å². The van der Waals surface area contributed by atoms with Crippen molar-refractivity contribution in [2.45, 2.75) is 72.0 Å². The van der Waals surface area contributed by atoms with Crippen LogP contribution in [0.2, 0.25) is 0 Å². The molecule has 0 N–H and O–H groups in total. The monoisotopic (exact) mass is 383 g/mol. The molecule has 0 aliphatic heterocycles. The number of ether oxygens (including phenoxy) is 2. The predicted octanol–water partition coefficient (Wildman–Crippen LogP) is 5.82. The lowest BCUT2D eigenvalue weighted by Crippen LogP contribution is -2.41. The number of alkyl halides is 1. The van der Waals surface area contributed by atoms with E-state index in [2.05, 4.69) is 70.7 Å². The molecule has 0 bridgehead atoms. The first-order valence-corrected chi connectivity index (χ1v) is 10.5. The Balaban J connectivity index is 2.58. The van der Waals surface area contributed by atoms with Gasteiger partial charge in [0.25, 0.3) is 0 Å². The predicted molar refractivity (Wildman–Crippen MR) is 114 cm³/mol. The Bertz CT molecular complexity index is 525. The maximum absolute atomic E-state index is 6.28. The Morgan fingerprint density at radius 3 is 2.27 bits per heavy atom. The van der Waals surface area contributed by atoms with Gasteiger partial charge in [-0.25, -0.2) is 0 Å². The number of aryl methyl sites for hydroxylation is 1. The highest BCUT2D eigenvalue weighted by Crippen LogP contribution is 2.25. The maximum atomic E-state index is 6.28. The van der Waals surface area contributed by atoms with E-state index in [1.54, 1.807) is 0 Å². The first kappa shape index (κ1) is 23.3. The van der Waals surface area contributed by atoms with Crippen LogP contribution < -0.4 is 4.90 Å². The second-order valence-electron chi connectivity index (χ2n) is 7.60. The van der Waals surface area contributed by atoms with Gasteiger partial charge in [0.15, 0.2) is 0 Å². The molecule has 0 amide bonds. The zero-order chi connectivity index (χ0) is 19.6. The maximum Gasteiger partial charge on any atom is 0.0885 e. The van der Waals surface area contributed by atoms with Gasteiger partial charge < -0.3 is 14.4 Å². The Morgan fingerprint density at radius 1 is 1.04 bits per heavy atom. The Morgan fingerprint density at radius 2 is 1.73 bits per heavy atom. The number of nitrogens with zero attached hydrogens (tertiary/aromatic N) is 1. The topological polar surface area (TPSA) is 21.7 Å². The van der Waals surface area contributed by atoms with E-state index in [9.17, 15) is 0 Å². The number of anilines is 1. The molecule has 1 rings (SSSR count). The summed E-state index contributed by atoms with van der Waals surface area (Å²) < 4.78 is 12.5. The average molecular weight is 384 g/mol. The molecule has 2 unspecified atom stereocenters. The highest BCUT2D eigenvalue weighted by molar-refractivity contribution is 6.17. The van der Waals surface area contributed by atoms with Gasteiger partial charge >= 0.3 is 0 Å². The summed E-state index contributed by atoms with van der Waals surface area (Å²) in [6, 6.07) is 8.63. The lowest BCUT2D eigenvalue weighted by atomic mass is 9.98. The first-order valence-electron chi connectivity index (χ1n) is 9.97. The largest absolute Gasteiger partial charge is 0.372 e. The molecule has 1 aromatic rings. The van der Waals surface area contributed by atoms with Crippen molar-refractivity contribution in [2.75, 3.05) is 37.1 Å². The van der Waals surface area contributed by atoms with Crippen LogP contribution in [0.15, 0.2) is 24.3 Å². The Labute approximate surface area is 166 Å².